The van der Waals surface area contributed by atoms with Crippen LogP contribution in [0.2, 0.25) is 0 Å². The molecule has 8 heteroatoms. The van der Waals surface area contributed by atoms with Crippen molar-refractivity contribution in [3.05, 3.63) is 0 Å². The Kier molecular flexibility index (Phi) is 3.21. The van der Waals surface area contributed by atoms with Crippen molar-refractivity contribution >= 4 is 19.5 Å². The van der Waals surface area contributed by atoms with E-state index in [0.717, 1.165) is 6.92 Å². The van der Waals surface area contributed by atoms with Gasteiger partial charge in [0.25, 0.3) is 5.16 Å². The van der Waals surface area contributed by atoms with E-state index >= 15 is 0 Å². The molecule has 0 aromatic heterocycles. The van der Waals surface area contributed by atoms with Crippen LogP contribution in [0.1, 0.15) is 13.3 Å². The second-order valence-electron chi connectivity index (χ2n) is 2.37. The molecule has 0 aromatic rings. The van der Waals surface area contributed by atoms with Crippen LogP contribution in [-0.2, 0) is 14.2 Å². The summed E-state index contributed by atoms with van der Waals surface area (Å²) in [6.45, 7) is 1.08. The summed E-state index contributed by atoms with van der Waals surface area (Å²) in [4.78, 5) is 38.2. The molecule has 7 nitrogen and oxygen atoms in total. The fourth-order valence-electron chi connectivity index (χ4n) is 0.849. The molecular weight excluding hydrogens is 203 g/mol. The van der Waals surface area contributed by atoms with Gasteiger partial charge >= 0.3 is 19.5 Å². The highest BCUT2D eigenvalue weighted by Gasteiger charge is 2.59. The van der Waals surface area contributed by atoms with E-state index in [9.17, 15) is 14.2 Å². The lowest BCUT2D eigenvalue weighted by Gasteiger charge is -2.23. The Morgan fingerprint density at radius 3 is 1.54 bits per heavy atom. The highest BCUT2D eigenvalue weighted by atomic mass is 31.2. The topological polar surface area (TPSA) is 132 Å². The van der Waals surface area contributed by atoms with Crippen LogP contribution in [-0.4, -0.2) is 37.1 Å². The molecule has 0 atom stereocenters. The smallest absolute Gasteiger partial charge is 0.354 e. The SMILES string of the molecule is CCC(C(=O)O)(C(=O)O)P(=O)(O)O. The van der Waals surface area contributed by atoms with Gasteiger partial charge in [0.1, 0.15) is 0 Å². The lowest BCUT2D eigenvalue weighted by Crippen LogP contribution is -2.45. The first-order valence-electron chi connectivity index (χ1n) is 3.22. The Labute approximate surface area is 73.2 Å². The predicted octanol–water partition coefficient (Wildman–Crippen LogP) is -0.518. The average molecular weight is 212 g/mol. The van der Waals surface area contributed by atoms with Crippen molar-refractivity contribution in [2.45, 2.75) is 18.5 Å². The van der Waals surface area contributed by atoms with E-state index in [0.29, 0.717) is 0 Å². The lowest BCUT2D eigenvalue weighted by molar-refractivity contribution is -0.153. The maximum atomic E-state index is 10.7. The van der Waals surface area contributed by atoms with Gasteiger partial charge in [0.05, 0.1) is 0 Å². The zero-order valence-electron chi connectivity index (χ0n) is 6.67. The predicted molar refractivity (Wildman–Crippen MR) is 40.3 cm³/mol. The molecule has 0 radical (unpaired) electrons. The Balaban J connectivity index is 5.52. The van der Waals surface area contributed by atoms with E-state index in [1.165, 1.54) is 0 Å². The van der Waals surface area contributed by atoms with Crippen molar-refractivity contribution in [3.63, 3.8) is 0 Å². The van der Waals surface area contributed by atoms with Crippen LogP contribution in [0.5, 0.6) is 0 Å². The number of carboxylic acids is 2. The maximum absolute atomic E-state index is 10.7. The van der Waals surface area contributed by atoms with Crippen molar-refractivity contribution in [1.82, 2.24) is 0 Å². The van der Waals surface area contributed by atoms with E-state index in [1.807, 2.05) is 0 Å². The van der Waals surface area contributed by atoms with E-state index in [2.05, 4.69) is 0 Å². The van der Waals surface area contributed by atoms with Crippen LogP contribution < -0.4 is 0 Å². The molecule has 0 aliphatic rings. The molecule has 0 aromatic carbocycles. The molecular formula is C5H9O7P. The van der Waals surface area contributed by atoms with E-state index in [-0.39, 0.29) is 0 Å². The van der Waals surface area contributed by atoms with Crippen LogP contribution in [0.15, 0.2) is 0 Å². The Morgan fingerprint density at radius 2 is 1.54 bits per heavy atom. The van der Waals surface area contributed by atoms with Gasteiger partial charge < -0.3 is 20.0 Å². The van der Waals surface area contributed by atoms with Crippen molar-refractivity contribution < 1.29 is 34.2 Å². The van der Waals surface area contributed by atoms with Crippen LogP contribution in [0.4, 0.5) is 0 Å². The molecule has 76 valence electrons. The summed E-state index contributed by atoms with van der Waals surface area (Å²) in [5.41, 5.74) is 0. The summed E-state index contributed by atoms with van der Waals surface area (Å²) >= 11 is 0. The fourth-order valence-corrected chi connectivity index (χ4v) is 1.76. The summed E-state index contributed by atoms with van der Waals surface area (Å²) in [5, 5.41) is 13.9. The zero-order chi connectivity index (χ0) is 10.9. The first-order chi connectivity index (χ1) is 5.70. The van der Waals surface area contributed by atoms with Crippen molar-refractivity contribution in [2.75, 3.05) is 0 Å². The number of carboxylic acid groups (broad SMARTS) is 2. The minimum Gasteiger partial charge on any atom is -0.480 e. The van der Waals surface area contributed by atoms with Crippen molar-refractivity contribution in [2.24, 2.45) is 0 Å². The molecule has 0 saturated carbocycles. The molecule has 0 fully saturated rings. The first kappa shape index (κ1) is 12.1. The molecule has 0 aliphatic carbocycles. The van der Waals surface area contributed by atoms with E-state index < -0.39 is 31.1 Å². The summed E-state index contributed by atoms with van der Waals surface area (Å²) < 4.78 is 10.7. The summed E-state index contributed by atoms with van der Waals surface area (Å²) in [6, 6.07) is 0. The highest BCUT2D eigenvalue weighted by molar-refractivity contribution is 7.56. The Morgan fingerprint density at radius 1 is 1.23 bits per heavy atom. The number of hydrogen-bond acceptors (Lipinski definition) is 3. The normalized spacial score (nSPS) is 12.5. The molecule has 0 heterocycles. The van der Waals surface area contributed by atoms with Gasteiger partial charge in [-0.15, -0.1) is 0 Å². The zero-order valence-corrected chi connectivity index (χ0v) is 7.56. The number of hydrogen-bond donors (Lipinski definition) is 4. The largest absolute Gasteiger partial charge is 0.480 e. The highest BCUT2D eigenvalue weighted by Crippen LogP contribution is 2.52. The van der Waals surface area contributed by atoms with Gasteiger partial charge in [-0.05, 0) is 6.42 Å². The second kappa shape index (κ2) is 3.45. The third kappa shape index (κ3) is 1.72. The molecule has 13 heavy (non-hydrogen) atoms. The number of aliphatic carboxylic acids is 2. The van der Waals surface area contributed by atoms with Crippen LogP contribution in [0, 0.1) is 0 Å². The van der Waals surface area contributed by atoms with Crippen LogP contribution >= 0.6 is 7.60 Å². The molecule has 0 saturated heterocycles. The maximum Gasteiger partial charge on any atom is 0.354 e. The summed E-state index contributed by atoms with van der Waals surface area (Å²) in [6.07, 6.45) is -0.679. The van der Waals surface area contributed by atoms with E-state index in [4.69, 9.17) is 20.0 Å². The molecule has 0 unspecified atom stereocenters. The average Bonchev–Trinajstić information content (AvgIpc) is 1.83. The van der Waals surface area contributed by atoms with Gasteiger partial charge in [-0.25, -0.2) is 0 Å². The third-order valence-electron chi connectivity index (χ3n) is 1.72. The number of carbonyl (C=O) groups is 2. The number of rotatable bonds is 4. The second-order valence-corrected chi connectivity index (χ2v) is 4.22. The lowest BCUT2D eigenvalue weighted by atomic mass is 10.1. The van der Waals surface area contributed by atoms with Gasteiger partial charge in [0.15, 0.2) is 0 Å². The van der Waals surface area contributed by atoms with Crippen LogP contribution in [0.25, 0.3) is 0 Å². The Hall–Kier alpha value is -0.910. The van der Waals surface area contributed by atoms with Gasteiger partial charge in [0, 0.05) is 0 Å². The van der Waals surface area contributed by atoms with E-state index in [1.54, 1.807) is 0 Å². The molecule has 0 rings (SSSR count). The van der Waals surface area contributed by atoms with Crippen LogP contribution in [0.3, 0.4) is 0 Å². The minimum absolute atomic E-state index is 0.679. The Bertz CT molecular complexity index is 263. The first-order valence-corrected chi connectivity index (χ1v) is 4.83. The molecule has 0 spiro atoms. The fraction of sp³-hybridized carbons (Fsp3) is 0.600. The summed E-state index contributed by atoms with van der Waals surface area (Å²) in [5.74, 6) is -4.06. The van der Waals surface area contributed by atoms with Gasteiger partial charge in [-0.2, -0.15) is 0 Å². The molecule has 0 amide bonds. The monoisotopic (exact) mass is 212 g/mol. The molecule has 0 aliphatic heterocycles. The quantitative estimate of drug-likeness (QED) is 0.364. The van der Waals surface area contributed by atoms with Crippen molar-refractivity contribution in [1.29, 1.82) is 0 Å². The summed E-state index contributed by atoms with van der Waals surface area (Å²) in [7, 11) is -5.22. The molecule has 0 bridgehead atoms. The third-order valence-corrected chi connectivity index (χ3v) is 3.41. The van der Waals surface area contributed by atoms with Gasteiger partial charge in [-0.3, -0.25) is 14.2 Å². The standard InChI is InChI=1S/C5H9O7P/c1-2-5(3(6)7,4(8)9)13(10,11)12/h2H2,1H3,(H,6,7)(H,8,9)(H2,10,11,12). The van der Waals surface area contributed by atoms with Gasteiger partial charge in [0.2, 0.25) is 0 Å². The minimum atomic E-state index is -5.22. The molecule has 4 N–H and O–H groups in total. The van der Waals surface area contributed by atoms with Crippen molar-refractivity contribution in [3.8, 4) is 0 Å². The van der Waals surface area contributed by atoms with Gasteiger partial charge in [-0.1, -0.05) is 6.92 Å².